The van der Waals surface area contributed by atoms with Gasteiger partial charge < -0.3 is 15.2 Å². The fraction of sp³-hybridized carbons (Fsp3) is 0.240. The minimum Gasteiger partial charge on any atom is -0.354 e. The van der Waals surface area contributed by atoms with Crippen LogP contribution in [0.25, 0.3) is 10.8 Å². The number of pyridine rings is 1. The molecule has 0 saturated heterocycles. The van der Waals surface area contributed by atoms with Gasteiger partial charge in [-0.25, -0.2) is 4.98 Å². The Hall–Kier alpha value is -3.71. The quantitative estimate of drug-likeness (QED) is 0.400. The number of nitrogens with one attached hydrogen (secondary N) is 3. The van der Waals surface area contributed by atoms with Crippen LogP contribution in [0.1, 0.15) is 16.8 Å². The first-order valence-corrected chi connectivity index (χ1v) is 10.6. The molecule has 32 heavy (non-hydrogen) atoms. The Kier molecular flexibility index (Phi) is 6.47. The summed E-state index contributed by atoms with van der Waals surface area (Å²) in [4.78, 5) is 35.9. The van der Waals surface area contributed by atoms with E-state index in [9.17, 15) is 9.59 Å². The standard InChI is InChI=1S/C25H27N5O2/c1-30(2)22(13-18-9-10-26-23(31)14-18)16-27-25-28-21(15-24(32)29-25)12-17-7-8-19-5-3-4-6-20(19)11-17/h3-11,14-15,22H,12-13,16H2,1-2H3,(H,26,31)(H2,27,28,29,32)/t22-/m1/s1. The highest BCUT2D eigenvalue weighted by atomic mass is 16.1. The minimum absolute atomic E-state index is 0.111. The second-order valence-electron chi connectivity index (χ2n) is 8.21. The van der Waals surface area contributed by atoms with E-state index in [-0.39, 0.29) is 17.2 Å². The lowest BCUT2D eigenvalue weighted by Gasteiger charge is -2.24. The number of nitrogens with zero attached hydrogens (tertiary/aromatic N) is 2. The van der Waals surface area contributed by atoms with Crippen LogP contribution in [-0.2, 0) is 12.8 Å². The maximum Gasteiger partial charge on any atom is 0.252 e. The van der Waals surface area contributed by atoms with Gasteiger partial charge >= 0.3 is 0 Å². The normalized spacial score (nSPS) is 12.2. The third kappa shape index (κ3) is 5.50. The molecule has 0 fully saturated rings. The summed E-state index contributed by atoms with van der Waals surface area (Å²) in [7, 11) is 3.98. The van der Waals surface area contributed by atoms with E-state index in [0.717, 1.165) is 11.1 Å². The molecule has 164 valence electrons. The molecule has 4 aromatic rings. The summed E-state index contributed by atoms with van der Waals surface area (Å²) in [5.41, 5.74) is 2.48. The predicted octanol–water partition coefficient (Wildman–Crippen LogP) is 2.79. The van der Waals surface area contributed by atoms with E-state index < -0.39 is 0 Å². The van der Waals surface area contributed by atoms with Gasteiger partial charge in [-0.15, -0.1) is 0 Å². The van der Waals surface area contributed by atoms with Crippen molar-refractivity contribution < 1.29 is 0 Å². The molecule has 2 aromatic heterocycles. The first-order chi connectivity index (χ1) is 15.5. The van der Waals surface area contributed by atoms with Crippen molar-refractivity contribution in [3.63, 3.8) is 0 Å². The molecular weight excluding hydrogens is 402 g/mol. The Morgan fingerprint density at radius 1 is 0.938 bits per heavy atom. The number of H-pyrrole nitrogens is 2. The van der Waals surface area contributed by atoms with E-state index in [1.54, 1.807) is 18.3 Å². The zero-order chi connectivity index (χ0) is 22.5. The maximum atomic E-state index is 12.2. The summed E-state index contributed by atoms with van der Waals surface area (Å²) in [5, 5.41) is 5.62. The Morgan fingerprint density at radius 2 is 1.75 bits per heavy atom. The average Bonchev–Trinajstić information content (AvgIpc) is 2.76. The van der Waals surface area contributed by atoms with Crippen LogP contribution >= 0.6 is 0 Å². The van der Waals surface area contributed by atoms with Gasteiger partial charge in [0.25, 0.3) is 5.56 Å². The van der Waals surface area contributed by atoms with Gasteiger partial charge in [0.1, 0.15) is 0 Å². The number of hydrogen-bond donors (Lipinski definition) is 3. The first-order valence-electron chi connectivity index (χ1n) is 10.6. The number of fused-ring (bicyclic) bond motifs is 1. The SMILES string of the molecule is CN(C)[C@@H](CNc1nc(Cc2ccc3ccccc3c2)cc(=O)[nH]1)Cc1cc[nH]c(=O)c1. The van der Waals surface area contributed by atoms with Crippen molar-refractivity contribution in [3.05, 3.63) is 104 Å². The first kappa shape index (κ1) is 21.5. The van der Waals surface area contributed by atoms with E-state index in [4.69, 9.17) is 0 Å². The lowest BCUT2D eigenvalue weighted by Crippen LogP contribution is -2.37. The molecule has 0 bridgehead atoms. The van der Waals surface area contributed by atoms with Gasteiger partial charge in [0.2, 0.25) is 11.5 Å². The second-order valence-corrected chi connectivity index (χ2v) is 8.21. The van der Waals surface area contributed by atoms with Gasteiger partial charge in [-0.2, -0.15) is 0 Å². The maximum absolute atomic E-state index is 12.2. The van der Waals surface area contributed by atoms with Crippen LogP contribution in [0.15, 0.2) is 76.4 Å². The number of rotatable bonds is 8. The van der Waals surface area contributed by atoms with Crippen LogP contribution < -0.4 is 16.4 Å². The van der Waals surface area contributed by atoms with Crippen molar-refractivity contribution in [1.29, 1.82) is 0 Å². The zero-order valence-electron chi connectivity index (χ0n) is 18.3. The molecule has 7 heteroatoms. The van der Waals surface area contributed by atoms with E-state index >= 15 is 0 Å². The Labute approximate surface area is 186 Å². The minimum atomic E-state index is -0.186. The van der Waals surface area contributed by atoms with Crippen molar-refractivity contribution in [2.75, 3.05) is 26.0 Å². The summed E-state index contributed by atoms with van der Waals surface area (Å²) in [6, 6.07) is 19.7. The highest BCUT2D eigenvalue weighted by Crippen LogP contribution is 2.17. The largest absolute Gasteiger partial charge is 0.354 e. The van der Waals surface area contributed by atoms with Crippen molar-refractivity contribution in [3.8, 4) is 0 Å². The summed E-state index contributed by atoms with van der Waals surface area (Å²) >= 11 is 0. The van der Waals surface area contributed by atoms with Gasteiger partial charge in [0.05, 0.1) is 5.69 Å². The zero-order valence-corrected chi connectivity index (χ0v) is 18.3. The van der Waals surface area contributed by atoms with Crippen LogP contribution in [0.2, 0.25) is 0 Å². The molecule has 0 aliphatic carbocycles. The van der Waals surface area contributed by atoms with E-state index in [1.165, 1.54) is 10.8 Å². The van der Waals surface area contributed by atoms with Crippen molar-refractivity contribution in [1.82, 2.24) is 19.9 Å². The van der Waals surface area contributed by atoms with Gasteiger partial charge in [-0.05, 0) is 48.5 Å². The van der Waals surface area contributed by atoms with Crippen LogP contribution in [-0.4, -0.2) is 46.5 Å². The van der Waals surface area contributed by atoms with Gasteiger partial charge in [-0.1, -0.05) is 42.5 Å². The molecule has 4 rings (SSSR count). The fourth-order valence-corrected chi connectivity index (χ4v) is 3.78. The molecule has 0 unspecified atom stereocenters. The predicted molar refractivity (Wildman–Crippen MR) is 128 cm³/mol. The smallest absolute Gasteiger partial charge is 0.252 e. The highest BCUT2D eigenvalue weighted by molar-refractivity contribution is 5.83. The number of aromatic nitrogens is 3. The summed E-state index contributed by atoms with van der Waals surface area (Å²) < 4.78 is 0. The number of hydrogen-bond acceptors (Lipinski definition) is 5. The van der Waals surface area contributed by atoms with Gasteiger partial charge in [0.15, 0.2) is 0 Å². The van der Waals surface area contributed by atoms with Crippen molar-refractivity contribution in [2.24, 2.45) is 0 Å². The molecule has 0 radical (unpaired) electrons. The average molecular weight is 430 g/mol. The van der Waals surface area contributed by atoms with E-state index in [2.05, 4.69) is 55.5 Å². The molecular formula is C25H27N5O2. The number of anilines is 1. The van der Waals surface area contributed by atoms with Crippen molar-refractivity contribution in [2.45, 2.75) is 18.9 Å². The van der Waals surface area contributed by atoms with Gasteiger partial charge in [-0.3, -0.25) is 14.6 Å². The number of likely N-dealkylation sites (N-methyl/N-ethyl adjacent to an activating group) is 1. The third-order valence-corrected chi connectivity index (χ3v) is 5.54. The lowest BCUT2D eigenvalue weighted by atomic mass is 10.0. The molecule has 2 heterocycles. The Balaban J connectivity index is 1.47. The molecule has 3 N–H and O–H groups in total. The van der Waals surface area contributed by atoms with Gasteiger partial charge in [0, 0.05) is 37.3 Å². The van der Waals surface area contributed by atoms with E-state index in [0.29, 0.717) is 31.0 Å². The van der Waals surface area contributed by atoms with Crippen LogP contribution in [0.5, 0.6) is 0 Å². The molecule has 2 aromatic carbocycles. The highest BCUT2D eigenvalue weighted by Gasteiger charge is 2.13. The molecule has 0 amide bonds. The molecule has 0 aliphatic rings. The molecule has 1 atom stereocenters. The molecule has 0 spiro atoms. The van der Waals surface area contributed by atoms with Crippen molar-refractivity contribution >= 4 is 16.7 Å². The number of aromatic amines is 2. The Bertz CT molecular complexity index is 1330. The van der Waals surface area contributed by atoms with E-state index in [1.807, 2.05) is 32.3 Å². The van der Waals surface area contributed by atoms with Crippen LogP contribution in [0.3, 0.4) is 0 Å². The monoisotopic (exact) mass is 429 g/mol. The summed E-state index contributed by atoms with van der Waals surface area (Å²) in [6.45, 7) is 0.572. The second kappa shape index (κ2) is 9.62. The molecule has 0 saturated carbocycles. The summed E-state index contributed by atoms with van der Waals surface area (Å²) in [6.07, 6.45) is 2.94. The fourth-order valence-electron chi connectivity index (χ4n) is 3.78. The number of benzene rings is 2. The van der Waals surface area contributed by atoms with Crippen LogP contribution in [0, 0.1) is 0 Å². The topological polar surface area (TPSA) is 93.9 Å². The third-order valence-electron chi connectivity index (χ3n) is 5.54. The molecule has 0 aliphatic heterocycles. The lowest BCUT2D eigenvalue weighted by molar-refractivity contribution is 0.303. The summed E-state index contributed by atoms with van der Waals surface area (Å²) in [5.74, 6) is 0.450. The Morgan fingerprint density at radius 3 is 2.53 bits per heavy atom. The van der Waals surface area contributed by atoms with Crippen LogP contribution in [0.4, 0.5) is 5.95 Å². The molecule has 7 nitrogen and oxygen atoms in total.